The van der Waals surface area contributed by atoms with E-state index in [2.05, 4.69) is 40.5 Å². The first-order valence-corrected chi connectivity index (χ1v) is 12.4. The molecule has 0 bridgehead atoms. The second-order valence-electron chi connectivity index (χ2n) is 7.64. The van der Waals surface area contributed by atoms with Crippen molar-refractivity contribution in [3.8, 4) is 5.69 Å². The quantitative estimate of drug-likeness (QED) is 0.517. The zero-order valence-corrected chi connectivity index (χ0v) is 18.9. The first-order valence-electron chi connectivity index (χ1n) is 10.1. The van der Waals surface area contributed by atoms with Gasteiger partial charge in [0, 0.05) is 34.4 Å². The van der Waals surface area contributed by atoms with Gasteiger partial charge in [0.25, 0.3) is 0 Å². The summed E-state index contributed by atoms with van der Waals surface area (Å²) in [4.78, 5) is 2.45. The van der Waals surface area contributed by atoms with Crippen LogP contribution in [0.1, 0.15) is 17.7 Å². The summed E-state index contributed by atoms with van der Waals surface area (Å²) in [7, 11) is -3.23. The summed E-state index contributed by atoms with van der Waals surface area (Å²) in [6.45, 7) is 0. The van der Waals surface area contributed by atoms with Crippen molar-refractivity contribution in [3.63, 3.8) is 0 Å². The van der Waals surface area contributed by atoms with E-state index in [1.54, 1.807) is 18.3 Å². The fourth-order valence-corrected chi connectivity index (χ4v) is 4.62. The van der Waals surface area contributed by atoms with Crippen LogP contribution >= 0.6 is 11.6 Å². The van der Waals surface area contributed by atoms with E-state index in [1.165, 1.54) is 6.26 Å². The number of halogens is 1. The van der Waals surface area contributed by atoms with Gasteiger partial charge in [-0.1, -0.05) is 35.9 Å². The van der Waals surface area contributed by atoms with Gasteiger partial charge >= 0.3 is 0 Å². The topological polar surface area (TPSA) is 55.2 Å². The van der Waals surface area contributed by atoms with E-state index < -0.39 is 9.84 Å². The summed E-state index contributed by atoms with van der Waals surface area (Å²) in [6, 6.07) is 16.6. The molecule has 0 radical (unpaired) electrons. The first kappa shape index (κ1) is 20.5. The molecule has 0 atom stereocenters. The fraction of sp³-hybridized carbons (Fsp3) is 0.0800. The molecule has 5 nitrogen and oxygen atoms in total. The van der Waals surface area contributed by atoms with Crippen molar-refractivity contribution in [1.29, 1.82) is 0 Å². The van der Waals surface area contributed by atoms with Crippen LogP contribution in [0, 0.1) is 0 Å². The third-order valence-electron chi connectivity index (χ3n) is 5.47. The number of hydrogen-bond acceptors (Lipinski definition) is 4. The van der Waals surface area contributed by atoms with Gasteiger partial charge in [0.15, 0.2) is 9.84 Å². The van der Waals surface area contributed by atoms with Crippen LogP contribution in [0.3, 0.4) is 0 Å². The van der Waals surface area contributed by atoms with Gasteiger partial charge in [-0.2, -0.15) is 5.10 Å². The predicted molar refractivity (Wildman–Crippen MR) is 128 cm³/mol. The maximum Gasteiger partial charge on any atom is 0.175 e. The summed E-state index contributed by atoms with van der Waals surface area (Å²) < 4.78 is 25.5. The minimum Gasteiger partial charge on any atom is -0.317 e. The molecule has 7 heteroatoms. The van der Waals surface area contributed by atoms with E-state index in [0.717, 1.165) is 40.3 Å². The smallest absolute Gasteiger partial charge is 0.175 e. The predicted octanol–water partition coefficient (Wildman–Crippen LogP) is 5.47. The van der Waals surface area contributed by atoms with Crippen LogP contribution in [-0.2, 0) is 9.84 Å². The number of aromatic nitrogens is 2. The van der Waals surface area contributed by atoms with Crippen molar-refractivity contribution in [2.45, 2.75) is 11.3 Å². The molecule has 0 spiro atoms. The fourth-order valence-electron chi connectivity index (χ4n) is 3.87. The minimum atomic E-state index is -3.23. The van der Waals surface area contributed by atoms with Crippen LogP contribution in [0.25, 0.3) is 17.0 Å². The molecular formula is C25H20ClN3O2S. The van der Waals surface area contributed by atoms with Gasteiger partial charge < -0.3 is 4.90 Å². The standard InChI is InChI=1S/C25H20ClN3O2S/c1-32(30,31)23-13-6-18(7-14-23)24-4-2-3-21-10-5-19(17-28(21)24)25-15-16-27-29(25)22-11-8-20(26)9-12-22/h3-17H,2H2,1H3. The molecular weight excluding hydrogens is 442 g/mol. The maximum absolute atomic E-state index is 11.8. The lowest BCUT2D eigenvalue weighted by Gasteiger charge is -2.31. The van der Waals surface area contributed by atoms with E-state index >= 15 is 0 Å². The molecule has 0 aliphatic carbocycles. The number of sulfone groups is 1. The van der Waals surface area contributed by atoms with Gasteiger partial charge in [-0.25, -0.2) is 13.1 Å². The summed E-state index contributed by atoms with van der Waals surface area (Å²) in [6.07, 6.45) is 14.4. The van der Waals surface area contributed by atoms with E-state index in [9.17, 15) is 8.42 Å². The van der Waals surface area contributed by atoms with E-state index in [1.807, 2.05) is 47.1 Å². The zero-order chi connectivity index (χ0) is 22.3. The number of rotatable bonds is 4. The van der Waals surface area contributed by atoms with Crippen LogP contribution in [-0.4, -0.2) is 29.4 Å². The van der Waals surface area contributed by atoms with Crippen LogP contribution < -0.4 is 0 Å². The Balaban J connectivity index is 1.51. The molecule has 2 aliphatic heterocycles. The van der Waals surface area contributed by atoms with Crippen LogP contribution in [0.15, 0.2) is 102 Å². The normalized spacial score (nSPS) is 15.7. The molecule has 0 saturated carbocycles. The molecule has 5 rings (SSSR count). The summed E-state index contributed by atoms with van der Waals surface area (Å²) in [5.41, 5.74) is 5.95. The third kappa shape index (κ3) is 3.83. The van der Waals surface area contributed by atoms with Crippen LogP contribution in [0.4, 0.5) is 0 Å². The lowest BCUT2D eigenvalue weighted by Crippen LogP contribution is -2.20. The second-order valence-corrected chi connectivity index (χ2v) is 10.1. The average Bonchev–Trinajstić information content (AvgIpc) is 3.28. The molecule has 2 aromatic carbocycles. The van der Waals surface area contributed by atoms with Crippen LogP contribution in [0.2, 0.25) is 5.02 Å². The zero-order valence-electron chi connectivity index (χ0n) is 17.3. The number of benzene rings is 2. The Morgan fingerprint density at radius 2 is 1.69 bits per heavy atom. The Morgan fingerprint density at radius 1 is 0.938 bits per heavy atom. The van der Waals surface area contributed by atoms with Crippen molar-refractivity contribution < 1.29 is 8.42 Å². The van der Waals surface area contributed by atoms with E-state index in [-0.39, 0.29) is 0 Å². The molecule has 3 aromatic rings. The van der Waals surface area contributed by atoms with Gasteiger partial charge in [0.05, 0.1) is 22.5 Å². The largest absolute Gasteiger partial charge is 0.317 e. The van der Waals surface area contributed by atoms with Gasteiger partial charge in [-0.3, -0.25) is 0 Å². The Labute approximate surface area is 192 Å². The van der Waals surface area contributed by atoms with Crippen LogP contribution in [0.5, 0.6) is 0 Å². The molecule has 0 unspecified atom stereocenters. The second kappa shape index (κ2) is 7.97. The van der Waals surface area contributed by atoms with Crippen molar-refractivity contribution >= 4 is 32.7 Å². The SMILES string of the molecule is CS(=O)(=O)c1ccc(C2=CCC=C3C=CC(c4ccnn4-c4ccc(Cl)cc4)=CN32)cc1. The highest BCUT2D eigenvalue weighted by Crippen LogP contribution is 2.35. The monoisotopic (exact) mass is 461 g/mol. The average molecular weight is 462 g/mol. The number of fused-ring (bicyclic) bond motifs is 1. The third-order valence-corrected chi connectivity index (χ3v) is 6.85. The molecule has 0 saturated heterocycles. The Morgan fingerprint density at radius 3 is 2.41 bits per heavy atom. The number of allylic oxidation sites excluding steroid dienone is 5. The molecule has 1 aromatic heterocycles. The number of hydrogen-bond donors (Lipinski definition) is 0. The Kier molecular flexibility index (Phi) is 5.12. The highest BCUT2D eigenvalue weighted by Gasteiger charge is 2.21. The van der Waals surface area contributed by atoms with Crippen molar-refractivity contribution in [2.75, 3.05) is 6.26 Å². The lowest BCUT2D eigenvalue weighted by molar-refractivity contribution is 0.602. The highest BCUT2D eigenvalue weighted by atomic mass is 35.5. The summed E-state index contributed by atoms with van der Waals surface area (Å²) in [5.74, 6) is 0. The molecule has 3 heterocycles. The highest BCUT2D eigenvalue weighted by molar-refractivity contribution is 7.90. The van der Waals surface area contributed by atoms with Crippen molar-refractivity contribution in [1.82, 2.24) is 14.7 Å². The Hall–Kier alpha value is -3.35. The van der Waals surface area contributed by atoms with Crippen molar-refractivity contribution in [3.05, 3.63) is 113 Å². The molecule has 0 N–H and O–H groups in total. The molecule has 2 aliphatic rings. The first-order chi connectivity index (χ1) is 15.4. The Bertz CT molecular complexity index is 1410. The van der Waals surface area contributed by atoms with E-state index in [0.29, 0.717) is 9.92 Å². The van der Waals surface area contributed by atoms with Crippen molar-refractivity contribution in [2.24, 2.45) is 0 Å². The molecule has 0 fully saturated rings. The minimum absolute atomic E-state index is 0.315. The molecule has 160 valence electrons. The van der Waals surface area contributed by atoms with Gasteiger partial charge in [0.1, 0.15) is 0 Å². The van der Waals surface area contributed by atoms with E-state index in [4.69, 9.17) is 11.6 Å². The molecule has 0 amide bonds. The summed E-state index contributed by atoms with van der Waals surface area (Å²) in [5, 5.41) is 5.18. The van der Waals surface area contributed by atoms with Gasteiger partial charge in [0.2, 0.25) is 0 Å². The summed E-state index contributed by atoms with van der Waals surface area (Å²) >= 11 is 6.04. The van der Waals surface area contributed by atoms with Gasteiger partial charge in [-0.05, 0) is 66.6 Å². The number of nitrogens with zero attached hydrogens (tertiary/aromatic N) is 3. The van der Waals surface area contributed by atoms with Gasteiger partial charge in [-0.15, -0.1) is 0 Å². The molecule has 32 heavy (non-hydrogen) atoms. The lowest BCUT2D eigenvalue weighted by atomic mass is 10.0. The maximum atomic E-state index is 11.8.